The van der Waals surface area contributed by atoms with E-state index in [-0.39, 0.29) is 0 Å². The lowest BCUT2D eigenvalue weighted by molar-refractivity contribution is -0.132. The Morgan fingerprint density at radius 3 is 2.41 bits per heavy atom. The summed E-state index contributed by atoms with van der Waals surface area (Å²) in [6.45, 7) is 1.65. The molecule has 0 aromatic carbocycles. The van der Waals surface area contributed by atoms with E-state index >= 15 is 0 Å². The van der Waals surface area contributed by atoms with Gasteiger partial charge in [-0.2, -0.15) is 0 Å². The average molecular weight is 238 g/mol. The van der Waals surface area contributed by atoms with Gasteiger partial charge in [0.1, 0.15) is 0 Å². The molecule has 0 bridgehead atoms. The molecule has 0 heterocycles. The quantitative estimate of drug-likeness (QED) is 0.771. The van der Waals surface area contributed by atoms with Gasteiger partial charge in [-0.05, 0) is 44.6 Å². The van der Waals surface area contributed by atoms with Crippen LogP contribution in [0.15, 0.2) is 0 Å². The van der Waals surface area contributed by atoms with E-state index in [0.29, 0.717) is 24.9 Å². The minimum atomic E-state index is 0.350. The van der Waals surface area contributed by atoms with E-state index in [4.69, 9.17) is 5.73 Å². The summed E-state index contributed by atoms with van der Waals surface area (Å²) < 4.78 is 0. The zero-order valence-electron chi connectivity index (χ0n) is 10.9. The van der Waals surface area contributed by atoms with Gasteiger partial charge in [0.2, 0.25) is 5.91 Å². The SMILES string of the molecule is NCCCC(=O)N(CC1CCCCC1)C1CC1. The summed E-state index contributed by atoms with van der Waals surface area (Å²) in [5, 5.41) is 0. The van der Waals surface area contributed by atoms with Crippen molar-refractivity contribution in [3.05, 3.63) is 0 Å². The summed E-state index contributed by atoms with van der Waals surface area (Å²) in [7, 11) is 0. The number of nitrogens with two attached hydrogens (primary N) is 1. The van der Waals surface area contributed by atoms with E-state index in [1.54, 1.807) is 0 Å². The molecule has 0 aromatic heterocycles. The Labute approximate surface area is 105 Å². The van der Waals surface area contributed by atoms with Gasteiger partial charge in [0.25, 0.3) is 0 Å². The summed E-state index contributed by atoms with van der Waals surface area (Å²) in [4.78, 5) is 14.3. The van der Waals surface area contributed by atoms with Crippen LogP contribution >= 0.6 is 0 Å². The van der Waals surface area contributed by atoms with Crippen LogP contribution in [0.4, 0.5) is 0 Å². The molecule has 2 rings (SSSR count). The van der Waals surface area contributed by atoms with Crippen molar-refractivity contribution in [2.24, 2.45) is 11.7 Å². The molecule has 2 aliphatic carbocycles. The third kappa shape index (κ3) is 3.98. The maximum Gasteiger partial charge on any atom is 0.222 e. The molecule has 0 atom stereocenters. The van der Waals surface area contributed by atoms with Gasteiger partial charge in [0.15, 0.2) is 0 Å². The average Bonchev–Trinajstić information content (AvgIpc) is 3.18. The fourth-order valence-electron chi connectivity index (χ4n) is 2.89. The number of amides is 1. The zero-order valence-corrected chi connectivity index (χ0v) is 10.9. The lowest BCUT2D eigenvalue weighted by atomic mass is 9.89. The Bertz CT molecular complexity index is 245. The van der Waals surface area contributed by atoms with Gasteiger partial charge < -0.3 is 10.6 Å². The van der Waals surface area contributed by atoms with Crippen molar-refractivity contribution in [3.63, 3.8) is 0 Å². The second-order valence-corrected chi connectivity index (χ2v) is 5.67. The predicted octanol–water partition coefficient (Wildman–Crippen LogP) is 2.30. The predicted molar refractivity (Wildman–Crippen MR) is 69.6 cm³/mol. The van der Waals surface area contributed by atoms with E-state index < -0.39 is 0 Å². The van der Waals surface area contributed by atoms with Gasteiger partial charge >= 0.3 is 0 Å². The first-order chi connectivity index (χ1) is 8.31. The molecule has 3 heteroatoms. The van der Waals surface area contributed by atoms with Crippen LogP contribution in [0, 0.1) is 5.92 Å². The Balaban J connectivity index is 1.81. The number of hydrogen-bond donors (Lipinski definition) is 1. The molecular weight excluding hydrogens is 212 g/mol. The summed E-state index contributed by atoms with van der Waals surface area (Å²) >= 11 is 0. The van der Waals surface area contributed by atoms with E-state index in [1.165, 1.54) is 44.9 Å². The molecule has 2 saturated carbocycles. The zero-order chi connectivity index (χ0) is 12.1. The van der Waals surface area contributed by atoms with Crippen LogP contribution < -0.4 is 5.73 Å². The summed E-state index contributed by atoms with van der Waals surface area (Å²) in [6.07, 6.45) is 10.7. The topological polar surface area (TPSA) is 46.3 Å². The summed E-state index contributed by atoms with van der Waals surface area (Å²) in [5.74, 6) is 1.12. The molecule has 2 N–H and O–H groups in total. The van der Waals surface area contributed by atoms with Crippen LogP contribution in [-0.4, -0.2) is 29.9 Å². The number of carbonyl (C=O) groups excluding carboxylic acids is 1. The molecule has 0 aromatic rings. The third-order valence-corrected chi connectivity index (χ3v) is 4.08. The van der Waals surface area contributed by atoms with Crippen molar-refractivity contribution in [2.45, 2.75) is 63.8 Å². The minimum Gasteiger partial charge on any atom is -0.339 e. The van der Waals surface area contributed by atoms with Crippen molar-refractivity contribution < 1.29 is 4.79 Å². The van der Waals surface area contributed by atoms with Crippen LogP contribution in [0.5, 0.6) is 0 Å². The van der Waals surface area contributed by atoms with Gasteiger partial charge in [0, 0.05) is 19.0 Å². The summed E-state index contributed by atoms with van der Waals surface area (Å²) in [6, 6.07) is 0.571. The first-order valence-corrected chi connectivity index (χ1v) is 7.31. The van der Waals surface area contributed by atoms with Crippen molar-refractivity contribution in [1.29, 1.82) is 0 Å². The minimum absolute atomic E-state index is 0.350. The number of nitrogens with zero attached hydrogens (tertiary/aromatic N) is 1. The lowest BCUT2D eigenvalue weighted by Gasteiger charge is -2.30. The van der Waals surface area contributed by atoms with Crippen molar-refractivity contribution in [1.82, 2.24) is 4.90 Å². The van der Waals surface area contributed by atoms with Gasteiger partial charge in [-0.3, -0.25) is 4.79 Å². The normalized spacial score (nSPS) is 21.5. The molecule has 17 heavy (non-hydrogen) atoms. The van der Waals surface area contributed by atoms with Crippen LogP contribution in [0.25, 0.3) is 0 Å². The lowest BCUT2D eigenvalue weighted by Crippen LogP contribution is -2.37. The molecular formula is C14H26N2O. The van der Waals surface area contributed by atoms with E-state index in [2.05, 4.69) is 4.90 Å². The van der Waals surface area contributed by atoms with Gasteiger partial charge in [0.05, 0.1) is 0 Å². The van der Waals surface area contributed by atoms with Gasteiger partial charge in [-0.15, -0.1) is 0 Å². The van der Waals surface area contributed by atoms with E-state index in [0.717, 1.165) is 18.9 Å². The fourth-order valence-corrected chi connectivity index (χ4v) is 2.89. The Morgan fingerprint density at radius 1 is 1.12 bits per heavy atom. The largest absolute Gasteiger partial charge is 0.339 e. The van der Waals surface area contributed by atoms with Crippen LogP contribution in [0.3, 0.4) is 0 Å². The molecule has 1 amide bonds. The fraction of sp³-hybridized carbons (Fsp3) is 0.929. The van der Waals surface area contributed by atoms with Gasteiger partial charge in [-0.1, -0.05) is 19.3 Å². The second-order valence-electron chi connectivity index (χ2n) is 5.67. The molecule has 98 valence electrons. The molecule has 0 radical (unpaired) electrons. The van der Waals surface area contributed by atoms with Crippen LogP contribution in [0.1, 0.15) is 57.8 Å². The molecule has 2 fully saturated rings. The molecule has 0 saturated heterocycles. The highest BCUT2D eigenvalue weighted by Crippen LogP contribution is 2.31. The monoisotopic (exact) mass is 238 g/mol. The second kappa shape index (κ2) is 6.39. The maximum absolute atomic E-state index is 12.1. The molecule has 0 aliphatic heterocycles. The Morgan fingerprint density at radius 2 is 1.82 bits per heavy atom. The Kier molecular flexibility index (Phi) is 4.84. The van der Waals surface area contributed by atoms with Crippen LogP contribution in [-0.2, 0) is 4.79 Å². The first-order valence-electron chi connectivity index (χ1n) is 7.31. The standard InChI is InChI=1S/C14H26N2O/c15-10-4-7-14(17)16(13-8-9-13)11-12-5-2-1-3-6-12/h12-13H,1-11,15H2. The van der Waals surface area contributed by atoms with Gasteiger partial charge in [-0.25, -0.2) is 0 Å². The summed E-state index contributed by atoms with van der Waals surface area (Å²) in [5.41, 5.74) is 5.48. The highest BCUT2D eigenvalue weighted by molar-refractivity contribution is 5.76. The van der Waals surface area contributed by atoms with E-state index in [1.807, 2.05) is 0 Å². The number of hydrogen-bond acceptors (Lipinski definition) is 2. The maximum atomic E-state index is 12.1. The molecule has 2 aliphatic rings. The van der Waals surface area contributed by atoms with E-state index in [9.17, 15) is 4.79 Å². The third-order valence-electron chi connectivity index (χ3n) is 4.08. The number of rotatable bonds is 6. The highest BCUT2D eigenvalue weighted by Gasteiger charge is 2.33. The molecule has 0 spiro atoms. The van der Waals surface area contributed by atoms with Crippen molar-refractivity contribution >= 4 is 5.91 Å². The number of carbonyl (C=O) groups is 1. The molecule has 0 unspecified atom stereocenters. The van der Waals surface area contributed by atoms with Crippen molar-refractivity contribution in [2.75, 3.05) is 13.1 Å². The van der Waals surface area contributed by atoms with Crippen molar-refractivity contribution in [3.8, 4) is 0 Å². The van der Waals surface area contributed by atoms with Crippen LogP contribution in [0.2, 0.25) is 0 Å². The smallest absolute Gasteiger partial charge is 0.222 e. The highest BCUT2D eigenvalue weighted by atomic mass is 16.2. The Hall–Kier alpha value is -0.570. The molecule has 3 nitrogen and oxygen atoms in total. The first kappa shape index (κ1) is 12.9.